The van der Waals surface area contributed by atoms with E-state index in [9.17, 15) is 0 Å². The number of nitrogens with one attached hydrogen (secondary N) is 2. The van der Waals surface area contributed by atoms with Crippen molar-refractivity contribution >= 4 is 0 Å². The van der Waals surface area contributed by atoms with Gasteiger partial charge in [-0.05, 0) is 37.1 Å². The van der Waals surface area contributed by atoms with Crippen molar-refractivity contribution in [1.82, 2.24) is 10.6 Å². The smallest absolute Gasteiger partial charge is 0.0335 e. The van der Waals surface area contributed by atoms with Gasteiger partial charge in [0.15, 0.2) is 0 Å². The molecule has 0 radical (unpaired) electrons. The Morgan fingerprint density at radius 1 is 1.38 bits per heavy atom. The summed E-state index contributed by atoms with van der Waals surface area (Å²) in [6, 6.07) is 9.33. The molecule has 0 amide bonds. The van der Waals surface area contributed by atoms with Gasteiger partial charge in [0.1, 0.15) is 0 Å². The van der Waals surface area contributed by atoms with Crippen LogP contribution in [0, 0.1) is 0 Å². The second kappa shape index (κ2) is 6.02. The van der Waals surface area contributed by atoms with Crippen molar-refractivity contribution in [2.24, 2.45) is 0 Å². The average molecular weight is 218 g/mol. The van der Waals surface area contributed by atoms with Gasteiger partial charge < -0.3 is 10.6 Å². The number of fused-ring (bicyclic) bond motifs is 1. The highest BCUT2D eigenvalue weighted by Gasteiger charge is 2.16. The summed E-state index contributed by atoms with van der Waals surface area (Å²) in [5.41, 5.74) is 2.94. The molecule has 1 heterocycles. The van der Waals surface area contributed by atoms with Gasteiger partial charge in [0.05, 0.1) is 0 Å². The van der Waals surface area contributed by atoms with Crippen LogP contribution in [0.15, 0.2) is 24.3 Å². The van der Waals surface area contributed by atoms with Gasteiger partial charge in [0.2, 0.25) is 0 Å². The van der Waals surface area contributed by atoms with Crippen LogP contribution in [0.4, 0.5) is 0 Å². The molecular weight excluding hydrogens is 196 g/mol. The molecule has 1 aromatic rings. The van der Waals surface area contributed by atoms with E-state index < -0.39 is 0 Å². The van der Waals surface area contributed by atoms with Crippen molar-refractivity contribution in [3.8, 4) is 0 Å². The first-order valence-electron chi connectivity index (χ1n) is 6.43. The predicted octanol–water partition coefficient (Wildman–Crippen LogP) is 2.61. The highest BCUT2D eigenvalue weighted by Crippen LogP contribution is 2.23. The van der Waals surface area contributed by atoms with Crippen LogP contribution in [-0.2, 0) is 6.54 Å². The lowest BCUT2D eigenvalue weighted by Gasteiger charge is -2.18. The van der Waals surface area contributed by atoms with E-state index in [-0.39, 0.29) is 0 Å². The monoisotopic (exact) mass is 218 g/mol. The Balaban J connectivity index is 2.06. The van der Waals surface area contributed by atoms with Crippen LogP contribution < -0.4 is 10.6 Å². The molecule has 1 atom stereocenters. The summed E-state index contributed by atoms with van der Waals surface area (Å²) in [5.74, 6) is 0. The molecule has 88 valence electrons. The maximum Gasteiger partial charge on any atom is 0.0335 e. The first kappa shape index (κ1) is 11.6. The zero-order valence-electron chi connectivity index (χ0n) is 10.1. The zero-order valence-corrected chi connectivity index (χ0v) is 10.1. The highest BCUT2D eigenvalue weighted by molar-refractivity contribution is 5.30. The van der Waals surface area contributed by atoms with Crippen LogP contribution >= 0.6 is 0 Å². The number of rotatable bonds is 4. The van der Waals surface area contributed by atoms with Gasteiger partial charge in [-0.1, -0.05) is 37.6 Å². The molecule has 2 N–H and O–H groups in total. The van der Waals surface area contributed by atoms with Crippen LogP contribution in [0.2, 0.25) is 0 Å². The average Bonchev–Trinajstić information content (AvgIpc) is 2.52. The lowest BCUT2D eigenvalue weighted by Crippen LogP contribution is -2.24. The third-order valence-corrected chi connectivity index (χ3v) is 3.28. The third kappa shape index (κ3) is 2.83. The van der Waals surface area contributed by atoms with E-state index in [0.717, 1.165) is 19.6 Å². The van der Waals surface area contributed by atoms with Crippen molar-refractivity contribution in [2.45, 2.75) is 38.8 Å². The van der Waals surface area contributed by atoms with Gasteiger partial charge in [-0.15, -0.1) is 0 Å². The quantitative estimate of drug-likeness (QED) is 0.759. The van der Waals surface area contributed by atoms with E-state index in [1.54, 1.807) is 0 Å². The maximum absolute atomic E-state index is 3.68. The molecule has 0 fully saturated rings. The fourth-order valence-electron chi connectivity index (χ4n) is 2.33. The third-order valence-electron chi connectivity index (χ3n) is 3.28. The Morgan fingerprint density at radius 2 is 2.25 bits per heavy atom. The van der Waals surface area contributed by atoms with Crippen molar-refractivity contribution in [1.29, 1.82) is 0 Å². The van der Waals surface area contributed by atoms with Gasteiger partial charge in [-0.3, -0.25) is 0 Å². The summed E-state index contributed by atoms with van der Waals surface area (Å²) in [5, 5.41) is 7.16. The highest BCUT2D eigenvalue weighted by atomic mass is 14.9. The first-order valence-corrected chi connectivity index (χ1v) is 6.43. The van der Waals surface area contributed by atoms with E-state index in [1.165, 1.54) is 30.4 Å². The maximum atomic E-state index is 3.68. The molecule has 16 heavy (non-hydrogen) atoms. The molecule has 1 unspecified atom stereocenters. The molecule has 1 aliphatic rings. The van der Waals surface area contributed by atoms with Crippen LogP contribution in [0.3, 0.4) is 0 Å². The normalized spacial score (nSPS) is 20.2. The number of hydrogen-bond donors (Lipinski definition) is 2. The summed E-state index contributed by atoms with van der Waals surface area (Å²) in [6.07, 6.45) is 3.73. The summed E-state index contributed by atoms with van der Waals surface area (Å²) in [4.78, 5) is 0. The van der Waals surface area contributed by atoms with E-state index >= 15 is 0 Å². The largest absolute Gasteiger partial charge is 0.313 e. The summed E-state index contributed by atoms with van der Waals surface area (Å²) < 4.78 is 0. The second-order valence-corrected chi connectivity index (χ2v) is 4.52. The fraction of sp³-hybridized carbons (Fsp3) is 0.571. The van der Waals surface area contributed by atoms with Crippen LogP contribution in [-0.4, -0.2) is 13.1 Å². The molecule has 2 rings (SSSR count). The van der Waals surface area contributed by atoms with E-state index in [4.69, 9.17) is 0 Å². The zero-order chi connectivity index (χ0) is 11.2. The van der Waals surface area contributed by atoms with Gasteiger partial charge in [0, 0.05) is 12.6 Å². The lowest BCUT2D eigenvalue weighted by atomic mass is 9.99. The summed E-state index contributed by atoms with van der Waals surface area (Å²) in [7, 11) is 0. The Bertz CT molecular complexity index is 322. The number of benzene rings is 1. The molecule has 0 bridgehead atoms. The van der Waals surface area contributed by atoms with E-state index in [2.05, 4.69) is 41.8 Å². The standard InChI is InChI=1S/C14H22N2/c1-2-3-9-16-14-8-10-15-11-12-6-4-5-7-13(12)14/h4-7,14-16H,2-3,8-11H2,1H3. The first-order chi connectivity index (χ1) is 7.92. The van der Waals surface area contributed by atoms with Gasteiger partial charge in [-0.25, -0.2) is 0 Å². The van der Waals surface area contributed by atoms with Gasteiger partial charge >= 0.3 is 0 Å². The minimum atomic E-state index is 0.540. The van der Waals surface area contributed by atoms with E-state index in [0.29, 0.717) is 6.04 Å². The predicted molar refractivity (Wildman–Crippen MR) is 68.4 cm³/mol. The van der Waals surface area contributed by atoms with Crippen molar-refractivity contribution in [2.75, 3.05) is 13.1 Å². The van der Waals surface area contributed by atoms with Crippen molar-refractivity contribution in [3.63, 3.8) is 0 Å². The Labute approximate surface area is 98.4 Å². The molecule has 0 aliphatic carbocycles. The summed E-state index contributed by atoms with van der Waals surface area (Å²) >= 11 is 0. The van der Waals surface area contributed by atoms with Crippen molar-refractivity contribution < 1.29 is 0 Å². The number of unbranched alkanes of at least 4 members (excludes halogenated alkanes) is 1. The molecule has 0 saturated carbocycles. The fourth-order valence-corrected chi connectivity index (χ4v) is 2.33. The van der Waals surface area contributed by atoms with Gasteiger partial charge in [-0.2, -0.15) is 0 Å². The number of hydrogen-bond acceptors (Lipinski definition) is 2. The Hall–Kier alpha value is -0.860. The molecule has 1 aromatic carbocycles. The van der Waals surface area contributed by atoms with E-state index in [1.807, 2.05) is 0 Å². The Kier molecular flexibility index (Phi) is 4.37. The molecule has 0 saturated heterocycles. The molecular formula is C14H22N2. The molecule has 0 spiro atoms. The SMILES string of the molecule is CCCCNC1CCNCc2ccccc21. The molecule has 1 aliphatic heterocycles. The van der Waals surface area contributed by atoms with Crippen LogP contribution in [0.5, 0.6) is 0 Å². The summed E-state index contributed by atoms with van der Waals surface area (Å²) in [6.45, 7) is 5.50. The minimum absolute atomic E-state index is 0.540. The molecule has 2 heteroatoms. The molecule has 2 nitrogen and oxygen atoms in total. The lowest BCUT2D eigenvalue weighted by molar-refractivity contribution is 0.488. The molecule has 0 aromatic heterocycles. The Morgan fingerprint density at radius 3 is 3.12 bits per heavy atom. The van der Waals surface area contributed by atoms with Crippen LogP contribution in [0.25, 0.3) is 0 Å². The van der Waals surface area contributed by atoms with Crippen molar-refractivity contribution in [3.05, 3.63) is 35.4 Å². The topological polar surface area (TPSA) is 24.1 Å². The van der Waals surface area contributed by atoms with Gasteiger partial charge in [0.25, 0.3) is 0 Å². The minimum Gasteiger partial charge on any atom is -0.313 e. The second-order valence-electron chi connectivity index (χ2n) is 4.52. The van der Waals surface area contributed by atoms with Crippen LogP contribution in [0.1, 0.15) is 43.4 Å².